The van der Waals surface area contributed by atoms with Crippen molar-refractivity contribution in [1.82, 2.24) is 0 Å². The van der Waals surface area contributed by atoms with Crippen LogP contribution in [-0.4, -0.2) is 34.8 Å². The minimum Gasteiger partial charge on any atom is -0.484 e. The summed E-state index contributed by atoms with van der Waals surface area (Å²) in [5.74, 6) is 0.803. The Kier molecular flexibility index (Phi) is 5.69. The maximum absolute atomic E-state index is 11.1. The van der Waals surface area contributed by atoms with Crippen LogP contribution in [0.15, 0.2) is 41.0 Å². The number of nitro benzene ring substituents is 1. The van der Waals surface area contributed by atoms with Gasteiger partial charge in [0.25, 0.3) is 0 Å². The molecular weight excluding hydrogens is 324 g/mol. The van der Waals surface area contributed by atoms with E-state index in [2.05, 4.69) is 0 Å². The summed E-state index contributed by atoms with van der Waals surface area (Å²) in [7, 11) is 0. The molecule has 1 atom stereocenters. The Balaban J connectivity index is 2.06. The number of β-amino-alcohol motifs (C(OH)–C–C–N with tert-alkyl or cyclic N) is 1. The lowest BCUT2D eigenvalue weighted by molar-refractivity contribution is -0.385. The van der Waals surface area contributed by atoms with Gasteiger partial charge in [-0.25, -0.2) is 0 Å². The van der Waals surface area contributed by atoms with Crippen molar-refractivity contribution in [2.45, 2.75) is 39.3 Å². The number of ether oxygens (including phenoxy) is 1. The standard InChI is InChI=1S/C18H24N2O5/c1-13-7-8-15(20(22)23)16(10-13)25-12-14(21)11-19(18(2,3)4)17-6-5-9-24-17/h5-10,14,21H,11-12H2,1-4H3/t14-/m0/s1. The van der Waals surface area contributed by atoms with Crippen molar-refractivity contribution >= 4 is 11.6 Å². The van der Waals surface area contributed by atoms with Gasteiger partial charge in [-0.2, -0.15) is 0 Å². The van der Waals surface area contributed by atoms with Crippen LogP contribution < -0.4 is 9.64 Å². The second-order valence-electron chi connectivity index (χ2n) is 6.93. The molecule has 0 unspecified atom stereocenters. The minimum atomic E-state index is -0.843. The minimum absolute atomic E-state index is 0.0580. The molecule has 1 N–H and O–H groups in total. The van der Waals surface area contributed by atoms with E-state index in [4.69, 9.17) is 9.15 Å². The Bertz CT molecular complexity index is 707. The van der Waals surface area contributed by atoms with E-state index in [0.29, 0.717) is 5.88 Å². The summed E-state index contributed by atoms with van der Waals surface area (Å²) < 4.78 is 11.0. The molecule has 7 nitrogen and oxygen atoms in total. The molecule has 0 fully saturated rings. The molecule has 25 heavy (non-hydrogen) atoms. The van der Waals surface area contributed by atoms with Crippen molar-refractivity contribution in [1.29, 1.82) is 0 Å². The summed E-state index contributed by atoms with van der Waals surface area (Å²) in [6.07, 6.45) is 0.733. The van der Waals surface area contributed by atoms with Gasteiger partial charge in [0.1, 0.15) is 12.7 Å². The fraction of sp³-hybridized carbons (Fsp3) is 0.444. The van der Waals surface area contributed by atoms with E-state index >= 15 is 0 Å². The summed E-state index contributed by atoms with van der Waals surface area (Å²) >= 11 is 0. The fourth-order valence-electron chi connectivity index (χ4n) is 2.46. The van der Waals surface area contributed by atoms with Crippen LogP contribution in [0, 0.1) is 17.0 Å². The molecule has 0 aliphatic heterocycles. The molecule has 1 aromatic heterocycles. The molecule has 0 amide bonds. The highest BCUT2D eigenvalue weighted by Crippen LogP contribution is 2.28. The van der Waals surface area contributed by atoms with Crippen molar-refractivity contribution in [2.75, 3.05) is 18.1 Å². The van der Waals surface area contributed by atoms with Gasteiger partial charge >= 0.3 is 5.69 Å². The molecule has 7 heteroatoms. The number of hydrogen-bond donors (Lipinski definition) is 1. The van der Waals surface area contributed by atoms with Crippen LogP contribution in [0.2, 0.25) is 0 Å². The van der Waals surface area contributed by atoms with Gasteiger partial charge in [-0.05, 0) is 45.4 Å². The van der Waals surface area contributed by atoms with E-state index in [0.717, 1.165) is 5.56 Å². The molecule has 0 spiro atoms. The average Bonchev–Trinajstić information content (AvgIpc) is 3.03. The molecule has 2 rings (SSSR count). The first-order valence-corrected chi connectivity index (χ1v) is 8.05. The number of nitrogens with zero attached hydrogens (tertiary/aromatic N) is 2. The third-order valence-electron chi connectivity index (χ3n) is 3.72. The van der Waals surface area contributed by atoms with E-state index in [1.807, 2.05) is 38.7 Å². The van der Waals surface area contributed by atoms with Crippen LogP contribution in [0.4, 0.5) is 11.6 Å². The van der Waals surface area contributed by atoms with E-state index < -0.39 is 11.0 Å². The highest BCUT2D eigenvalue weighted by molar-refractivity contribution is 5.48. The van der Waals surface area contributed by atoms with Gasteiger partial charge < -0.3 is 19.2 Å². The first kappa shape index (κ1) is 18.8. The van der Waals surface area contributed by atoms with Crippen molar-refractivity contribution in [3.8, 4) is 5.75 Å². The highest BCUT2D eigenvalue weighted by atomic mass is 16.6. The van der Waals surface area contributed by atoms with Crippen LogP contribution in [0.25, 0.3) is 0 Å². The maximum atomic E-state index is 11.1. The Morgan fingerprint density at radius 1 is 1.36 bits per heavy atom. The quantitative estimate of drug-likeness (QED) is 0.608. The van der Waals surface area contributed by atoms with Crippen molar-refractivity contribution in [2.24, 2.45) is 0 Å². The molecule has 136 valence electrons. The number of anilines is 1. The Morgan fingerprint density at radius 2 is 2.08 bits per heavy atom. The van der Waals surface area contributed by atoms with Crippen LogP contribution in [0.3, 0.4) is 0 Å². The molecule has 0 aliphatic rings. The van der Waals surface area contributed by atoms with Gasteiger partial charge in [0.15, 0.2) is 11.6 Å². The first-order valence-electron chi connectivity index (χ1n) is 8.05. The molecular formula is C18H24N2O5. The summed E-state index contributed by atoms with van der Waals surface area (Å²) in [5, 5.41) is 21.4. The lowest BCUT2D eigenvalue weighted by Crippen LogP contribution is -2.47. The van der Waals surface area contributed by atoms with Crippen LogP contribution in [0.1, 0.15) is 26.3 Å². The lowest BCUT2D eigenvalue weighted by atomic mass is 10.1. The van der Waals surface area contributed by atoms with Crippen molar-refractivity contribution in [3.05, 3.63) is 52.3 Å². The lowest BCUT2D eigenvalue weighted by Gasteiger charge is -2.36. The number of aryl methyl sites for hydroxylation is 1. The van der Waals surface area contributed by atoms with Crippen LogP contribution in [-0.2, 0) is 0 Å². The van der Waals surface area contributed by atoms with E-state index in [9.17, 15) is 15.2 Å². The number of benzene rings is 1. The smallest absolute Gasteiger partial charge is 0.310 e. The van der Waals surface area contributed by atoms with Gasteiger partial charge in [0, 0.05) is 17.7 Å². The topological polar surface area (TPSA) is 89.0 Å². The molecule has 0 saturated carbocycles. The zero-order valence-electron chi connectivity index (χ0n) is 14.9. The molecule has 0 radical (unpaired) electrons. The number of nitro groups is 1. The summed E-state index contributed by atoms with van der Waals surface area (Å²) in [5.41, 5.74) is 0.465. The van der Waals surface area contributed by atoms with Gasteiger partial charge in [0.05, 0.1) is 17.7 Å². The van der Waals surface area contributed by atoms with Crippen molar-refractivity contribution < 1.29 is 19.2 Å². The first-order chi connectivity index (χ1) is 11.7. The Morgan fingerprint density at radius 3 is 2.64 bits per heavy atom. The number of aliphatic hydroxyl groups is 1. The normalized spacial score (nSPS) is 12.7. The molecule has 0 bridgehead atoms. The second-order valence-corrected chi connectivity index (χ2v) is 6.93. The molecule has 2 aromatic rings. The monoisotopic (exact) mass is 348 g/mol. The molecule has 0 saturated heterocycles. The zero-order chi connectivity index (χ0) is 18.6. The van der Waals surface area contributed by atoms with Gasteiger partial charge in [-0.1, -0.05) is 6.07 Å². The summed E-state index contributed by atoms with van der Waals surface area (Å²) in [4.78, 5) is 12.5. The second kappa shape index (κ2) is 7.57. The predicted octanol–water partition coefficient (Wildman–Crippen LogP) is 3.54. The van der Waals surface area contributed by atoms with Crippen LogP contribution in [0.5, 0.6) is 5.75 Å². The summed E-state index contributed by atoms with van der Waals surface area (Å²) in [6.45, 7) is 8.07. The van der Waals surface area contributed by atoms with E-state index in [1.165, 1.54) is 6.07 Å². The fourth-order valence-corrected chi connectivity index (χ4v) is 2.46. The SMILES string of the molecule is Cc1ccc([N+](=O)[O-])c(OC[C@@H](O)CN(c2ccco2)C(C)(C)C)c1. The predicted molar refractivity (Wildman–Crippen MR) is 95.1 cm³/mol. The number of rotatable bonds is 7. The number of aliphatic hydroxyl groups excluding tert-OH is 1. The van der Waals surface area contributed by atoms with Gasteiger partial charge in [-0.15, -0.1) is 0 Å². The van der Waals surface area contributed by atoms with Crippen molar-refractivity contribution in [3.63, 3.8) is 0 Å². The van der Waals surface area contributed by atoms with Gasteiger partial charge in [0.2, 0.25) is 0 Å². The molecule has 1 heterocycles. The third kappa shape index (κ3) is 4.96. The molecule has 0 aliphatic carbocycles. The summed E-state index contributed by atoms with van der Waals surface area (Å²) in [6, 6.07) is 8.26. The van der Waals surface area contributed by atoms with Gasteiger partial charge in [-0.3, -0.25) is 10.1 Å². The zero-order valence-corrected chi connectivity index (χ0v) is 14.9. The Labute approximate surface area is 147 Å². The van der Waals surface area contributed by atoms with E-state index in [-0.39, 0.29) is 30.1 Å². The number of furan rings is 1. The van der Waals surface area contributed by atoms with Crippen LogP contribution >= 0.6 is 0 Å². The Hall–Kier alpha value is -2.54. The largest absolute Gasteiger partial charge is 0.484 e. The van der Waals surface area contributed by atoms with E-state index in [1.54, 1.807) is 24.5 Å². The number of hydrogen-bond acceptors (Lipinski definition) is 6. The highest BCUT2D eigenvalue weighted by Gasteiger charge is 2.26. The molecule has 1 aromatic carbocycles. The maximum Gasteiger partial charge on any atom is 0.310 e. The average molecular weight is 348 g/mol. The third-order valence-corrected chi connectivity index (χ3v) is 3.72.